The Kier molecular flexibility index (Phi) is 5.04. The summed E-state index contributed by atoms with van der Waals surface area (Å²) < 4.78 is 32.5. The molecule has 2 fully saturated rings. The van der Waals surface area contributed by atoms with Gasteiger partial charge in [-0.05, 0) is 42.9 Å². The van der Waals surface area contributed by atoms with E-state index in [1.165, 1.54) is 6.42 Å². The minimum Gasteiger partial charge on any atom is -0.376 e. The predicted molar refractivity (Wildman–Crippen MR) is 89.3 cm³/mol. The van der Waals surface area contributed by atoms with Crippen molar-refractivity contribution in [3.63, 3.8) is 0 Å². The molecule has 0 spiro atoms. The lowest BCUT2D eigenvalue weighted by molar-refractivity contribution is 0.0291. The molecule has 0 aromatic carbocycles. The fourth-order valence-electron chi connectivity index (χ4n) is 4.05. The molecule has 0 bridgehead atoms. The van der Waals surface area contributed by atoms with Crippen LogP contribution in [0.5, 0.6) is 0 Å². The first-order valence-electron chi connectivity index (χ1n) is 8.50. The Morgan fingerprint density at radius 3 is 2.91 bits per heavy atom. The van der Waals surface area contributed by atoms with Gasteiger partial charge in [0.05, 0.1) is 19.0 Å². The smallest absolute Gasteiger partial charge is 0.214 e. The van der Waals surface area contributed by atoms with Gasteiger partial charge in [-0.25, -0.2) is 12.7 Å². The Hall–Kier alpha value is -0.980. The van der Waals surface area contributed by atoms with Crippen molar-refractivity contribution in [2.75, 3.05) is 25.4 Å². The van der Waals surface area contributed by atoms with Crippen molar-refractivity contribution < 1.29 is 13.2 Å². The van der Waals surface area contributed by atoms with E-state index in [4.69, 9.17) is 4.74 Å². The summed E-state index contributed by atoms with van der Waals surface area (Å²) in [5.74, 6) is 0.708. The number of rotatable bonds is 7. The maximum absolute atomic E-state index is 12.4. The van der Waals surface area contributed by atoms with E-state index in [2.05, 4.69) is 4.98 Å². The molecule has 1 aromatic heterocycles. The molecule has 23 heavy (non-hydrogen) atoms. The third-order valence-corrected chi connectivity index (χ3v) is 7.26. The molecule has 1 saturated carbocycles. The molecular formula is C17H26N2O3S. The molecule has 1 saturated heterocycles. The first-order chi connectivity index (χ1) is 11.1. The van der Waals surface area contributed by atoms with Crippen LogP contribution >= 0.6 is 0 Å². The zero-order valence-electron chi connectivity index (χ0n) is 13.8. The number of ether oxygens (including phenoxy) is 1. The third kappa shape index (κ3) is 3.59. The molecule has 0 amide bonds. The molecule has 1 aliphatic carbocycles. The fraction of sp³-hybridized carbons (Fsp3) is 0.706. The van der Waals surface area contributed by atoms with Crippen LogP contribution in [0.2, 0.25) is 0 Å². The van der Waals surface area contributed by atoms with E-state index in [0.29, 0.717) is 38.6 Å². The lowest BCUT2D eigenvalue weighted by atomic mass is 9.82. The lowest BCUT2D eigenvalue weighted by Gasteiger charge is -2.28. The predicted octanol–water partition coefficient (Wildman–Crippen LogP) is 2.44. The summed E-state index contributed by atoms with van der Waals surface area (Å²) in [5, 5.41) is 0. The first-order valence-corrected chi connectivity index (χ1v) is 10.1. The monoisotopic (exact) mass is 338 g/mol. The average molecular weight is 338 g/mol. The molecule has 128 valence electrons. The quantitative estimate of drug-likeness (QED) is 0.766. The zero-order valence-corrected chi connectivity index (χ0v) is 14.6. The van der Waals surface area contributed by atoms with Crippen molar-refractivity contribution in [3.05, 3.63) is 30.1 Å². The number of sulfonamides is 1. The Morgan fingerprint density at radius 1 is 1.39 bits per heavy atom. The summed E-state index contributed by atoms with van der Waals surface area (Å²) in [4.78, 5) is 4.01. The molecule has 0 N–H and O–H groups in total. The Morgan fingerprint density at radius 2 is 2.17 bits per heavy atom. The van der Waals surface area contributed by atoms with Crippen LogP contribution < -0.4 is 0 Å². The van der Waals surface area contributed by atoms with Gasteiger partial charge in [-0.1, -0.05) is 13.3 Å². The Balaban J connectivity index is 1.63. The molecule has 2 heterocycles. The van der Waals surface area contributed by atoms with Crippen LogP contribution in [0.25, 0.3) is 0 Å². The van der Waals surface area contributed by atoms with Gasteiger partial charge in [0.25, 0.3) is 0 Å². The van der Waals surface area contributed by atoms with Gasteiger partial charge in [0.15, 0.2) is 0 Å². The highest BCUT2D eigenvalue weighted by atomic mass is 32.2. The van der Waals surface area contributed by atoms with Crippen LogP contribution in [0, 0.1) is 11.3 Å². The second kappa shape index (κ2) is 6.87. The first kappa shape index (κ1) is 16.9. The van der Waals surface area contributed by atoms with Gasteiger partial charge < -0.3 is 4.74 Å². The van der Waals surface area contributed by atoms with E-state index < -0.39 is 10.0 Å². The highest BCUT2D eigenvalue weighted by molar-refractivity contribution is 7.89. The largest absolute Gasteiger partial charge is 0.376 e. The molecule has 3 rings (SSSR count). The van der Waals surface area contributed by atoms with Crippen molar-refractivity contribution in [1.82, 2.24) is 9.29 Å². The molecule has 6 heteroatoms. The average Bonchev–Trinajstić information content (AvgIpc) is 3.06. The van der Waals surface area contributed by atoms with Gasteiger partial charge >= 0.3 is 0 Å². The molecule has 0 unspecified atom stereocenters. The van der Waals surface area contributed by atoms with Crippen LogP contribution in [0.1, 0.15) is 38.2 Å². The number of hydrogen-bond acceptors (Lipinski definition) is 4. The SMILES string of the molecule is CCCS(=O)(=O)N1C[C@H]2CCC[C@@]2(COCc2ccncc2)C1. The van der Waals surface area contributed by atoms with Crippen LogP contribution in [0.3, 0.4) is 0 Å². The number of aromatic nitrogens is 1. The summed E-state index contributed by atoms with van der Waals surface area (Å²) in [6, 6.07) is 3.91. The van der Waals surface area contributed by atoms with Gasteiger partial charge in [-0.15, -0.1) is 0 Å². The van der Waals surface area contributed by atoms with Crippen molar-refractivity contribution in [3.8, 4) is 0 Å². The number of hydrogen-bond donors (Lipinski definition) is 0. The van der Waals surface area contributed by atoms with Gasteiger partial charge in [-0.2, -0.15) is 0 Å². The fourth-order valence-corrected chi connectivity index (χ4v) is 5.69. The van der Waals surface area contributed by atoms with E-state index in [1.807, 2.05) is 19.1 Å². The molecule has 1 aliphatic heterocycles. The maximum atomic E-state index is 12.4. The summed E-state index contributed by atoms with van der Waals surface area (Å²) >= 11 is 0. The van der Waals surface area contributed by atoms with Gasteiger partial charge in [0.1, 0.15) is 0 Å². The molecule has 2 aliphatic rings. The van der Waals surface area contributed by atoms with E-state index in [1.54, 1.807) is 16.7 Å². The third-order valence-electron chi connectivity index (χ3n) is 5.27. The minimum absolute atomic E-state index is 0.0217. The lowest BCUT2D eigenvalue weighted by Crippen LogP contribution is -2.35. The minimum atomic E-state index is -3.10. The molecular weight excluding hydrogens is 312 g/mol. The van der Waals surface area contributed by atoms with E-state index in [0.717, 1.165) is 18.4 Å². The van der Waals surface area contributed by atoms with E-state index in [9.17, 15) is 8.42 Å². The summed E-state index contributed by atoms with van der Waals surface area (Å²) in [5.41, 5.74) is 1.13. The standard InChI is InChI=1S/C17H26N2O3S/c1-2-10-23(20,21)19-11-16-4-3-7-17(16,13-19)14-22-12-15-5-8-18-9-6-15/h5-6,8-9,16H,2-4,7,10-14H2,1H3/t16-,17+/m1/s1. The zero-order chi connectivity index (χ0) is 16.3. The number of pyridine rings is 1. The van der Waals surface area contributed by atoms with Crippen LogP contribution in [0.15, 0.2) is 24.5 Å². The normalized spacial score (nSPS) is 28.1. The van der Waals surface area contributed by atoms with Crippen molar-refractivity contribution in [2.24, 2.45) is 11.3 Å². The van der Waals surface area contributed by atoms with Crippen molar-refractivity contribution in [1.29, 1.82) is 0 Å². The maximum Gasteiger partial charge on any atom is 0.214 e. The van der Waals surface area contributed by atoms with E-state index >= 15 is 0 Å². The summed E-state index contributed by atoms with van der Waals surface area (Å²) in [7, 11) is -3.10. The van der Waals surface area contributed by atoms with Crippen LogP contribution in [-0.2, 0) is 21.4 Å². The highest BCUT2D eigenvalue weighted by Crippen LogP contribution is 2.49. The van der Waals surface area contributed by atoms with Gasteiger partial charge in [0, 0.05) is 30.9 Å². The van der Waals surface area contributed by atoms with Crippen LogP contribution in [-0.4, -0.2) is 43.2 Å². The van der Waals surface area contributed by atoms with Gasteiger partial charge in [0.2, 0.25) is 10.0 Å². The Labute approximate surface area is 139 Å². The number of fused-ring (bicyclic) bond motifs is 1. The second-order valence-corrected chi connectivity index (χ2v) is 9.00. The van der Waals surface area contributed by atoms with Crippen molar-refractivity contribution >= 4 is 10.0 Å². The summed E-state index contributed by atoms with van der Waals surface area (Å²) in [6.45, 7) is 4.45. The molecule has 1 aromatic rings. The molecule has 0 radical (unpaired) electrons. The highest BCUT2D eigenvalue weighted by Gasteiger charge is 2.52. The summed E-state index contributed by atoms with van der Waals surface area (Å²) in [6.07, 6.45) is 7.59. The van der Waals surface area contributed by atoms with Gasteiger partial charge in [-0.3, -0.25) is 4.98 Å². The van der Waals surface area contributed by atoms with Crippen LogP contribution in [0.4, 0.5) is 0 Å². The Bertz CT molecular complexity index is 620. The number of nitrogens with zero attached hydrogens (tertiary/aromatic N) is 2. The topological polar surface area (TPSA) is 59.5 Å². The molecule has 2 atom stereocenters. The second-order valence-electron chi connectivity index (χ2n) is 6.91. The molecule has 5 nitrogen and oxygen atoms in total. The van der Waals surface area contributed by atoms with Crippen molar-refractivity contribution in [2.45, 2.75) is 39.2 Å². The van der Waals surface area contributed by atoms with E-state index in [-0.39, 0.29) is 11.2 Å².